The summed E-state index contributed by atoms with van der Waals surface area (Å²) in [5.41, 5.74) is 7.08. The molecule has 0 bridgehead atoms. The minimum atomic E-state index is -0.316. The van der Waals surface area contributed by atoms with E-state index in [-0.39, 0.29) is 24.7 Å². The lowest BCUT2D eigenvalue weighted by molar-refractivity contribution is -0.124. The van der Waals surface area contributed by atoms with Crippen molar-refractivity contribution in [3.05, 3.63) is 63.7 Å². The molecular formula is C20H22ClN3O2. The summed E-state index contributed by atoms with van der Waals surface area (Å²) in [5.74, 6) is -0.562. The van der Waals surface area contributed by atoms with E-state index in [0.29, 0.717) is 10.7 Å². The van der Waals surface area contributed by atoms with Crippen molar-refractivity contribution in [1.82, 2.24) is 5.43 Å². The van der Waals surface area contributed by atoms with Gasteiger partial charge in [0.15, 0.2) is 0 Å². The highest BCUT2D eigenvalue weighted by Crippen LogP contribution is 2.23. The molecule has 0 aliphatic heterocycles. The molecule has 26 heavy (non-hydrogen) atoms. The van der Waals surface area contributed by atoms with E-state index in [1.165, 1.54) is 5.56 Å². The van der Waals surface area contributed by atoms with E-state index in [2.05, 4.69) is 15.8 Å². The zero-order valence-corrected chi connectivity index (χ0v) is 15.9. The first-order valence-electron chi connectivity index (χ1n) is 8.31. The zero-order chi connectivity index (χ0) is 19.1. The number of amides is 2. The number of hydrazone groups is 1. The van der Waals surface area contributed by atoms with Gasteiger partial charge in [0, 0.05) is 23.6 Å². The second-order valence-electron chi connectivity index (χ2n) is 6.11. The van der Waals surface area contributed by atoms with Crippen molar-refractivity contribution in [3.63, 3.8) is 0 Å². The molecule has 0 saturated carbocycles. The Balaban J connectivity index is 1.80. The normalized spacial score (nSPS) is 10.8. The predicted octanol–water partition coefficient (Wildman–Crippen LogP) is 4.13. The average Bonchev–Trinajstić information content (AvgIpc) is 2.59. The first-order valence-corrected chi connectivity index (χ1v) is 8.68. The van der Waals surface area contributed by atoms with E-state index in [1.54, 1.807) is 24.4 Å². The molecule has 2 aromatic carbocycles. The van der Waals surface area contributed by atoms with Gasteiger partial charge in [-0.1, -0.05) is 41.4 Å². The highest BCUT2D eigenvalue weighted by Gasteiger charge is 2.09. The SMILES string of the molecule is Cc1ccc(C=NNC(=O)CCC(=O)Nc2cccc(Cl)c2C)c(C)c1. The fourth-order valence-corrected chi connectivity index (χ4v) is 2.56. The van der Waals surface area contributed by atoms with Crippen LogP contribution < -0.4 is 10.7 Å². The minimum absolute atomic E-state index is 0.0513. The highest BCUT2D eigenvalue weighted by molar-refractivity contribution is 6.31. The average molecular weight is 372 g/mol. The topological polar surface area (TPSA) is 70.6 Å². The second-order valence-corrected chi connectivity index (χ2v) is 6.52. The predicted molar refractivity (Wildman–Crippen MR) is 106 cm³/mol. The number of nitrogens with zero attached hydrogens (tertiary/aromatic N) is 1. The van der Waals surface area contributed by atoms with Gasteiger partial charge in [0.2, 0.25) is 11.8 Å². The molecule has 0 aliphatic carbocycles. The maximum Gasteiger partial charge on any atom is 0.240 e. The van der Waals surface area contributed by atoms with Crippen LogP contribution in [0.3, 0.4) is 0 Å². The molecule has 2 aromatic rings. The van der Waals surface area contributed by atoms with E-state index >= 15 is 0 Å². The van der Waals surface area contributed by atoms with Gasteiger partial charge in [-0.3, -0.25) is 9.59 Å². The molecule has 0 aromatic heterocycles. The lowest BCUT2D eigenvalue weighted by Crippen LogP contribution is -2.21. The molecule has 2 N–H and O–H groups in total. The van der Waals surface area contributed by atoms with E-state index in [9.17, 15) is 9.59 Å². The van der Waals surface area contributed by atoms with Gasteiger partial charge < -0.3 is 5.32 Å². The van der Waals surface area contributed by atoms with E-state index in [4.69, 9.17) is 11.6 Å². The maximum atomic E-state index is 12.0. The Labute approximate surface area is 158 Å². The summed E-state index contributed by atoms with van der Waals surface area (Å²) >= 11 is 6.02. The van der Waals surface area contributed by atoms with Crippen molar-refractivity contribution in [1.29, 1.82) is 0 Å². The molecule has 0 unspecified atom stereocenters. The molecule has 0 aliphatic rings. The summed E-state index contributed by atoms with van der Waals surface area (Å²) in [4.78, 5) is 23.8. The summed E-state index contributed by atoms with van der Waals surface area (Å²) in [6.07, 6.45) is 1.72. The Bertz CT molecular complexity index is 847. The van der Waals surface area contributed by atoms with Crippen LogP contribution in [0.25, 0.3) is 0 Å². The number of carbonyl (C=O) groups excluding carboxylic acids is 2. The van der Waals surface area contributed by atoms with Crippen LogP contribution in [0.5, 0.6) is 0 Å². The van der Waals surface area contributed by atoms with Gasteiger partial charge in [-0.25, -0.2) is 5.43 Å². The van der Waals surface area contributed by atoms with Gasteiger partial charge >= 0.3 is 0 Å². The molecule has 0 radical (unpaired) electrons. The Morgan fingerprint density at radius 1 is 1.08 bits per heavy atom. The number of nitrogens with one attached hydrogen (secondary N) is 2. The molecular weight excluding hydrogens is 350 g/mol. The minimum Gasteiger partial charge on any atom is -0.326 e. The number of benzene rings is 2. The van der Waals surface area contributed by atoms with Gasteiger partial charge in [-0.2, -0.15) is 5.10 Å². The van der Waals surface area contributed by atoms with Crippen molar-refractivity contribution in [2.24, 2.45) is 5.10 Å². The number of carbonyl (C=O) groups is 2. The first kappa shape index (κ1) is 19.7. The third kappa shape index (κ3) is 5.70. The Kier molecular flexibility index (Phi) is 6.92. The van der Waals surface area contributed by atoms with Crippen LogP contribution in [0.15, 0.2) is 41.5 Å². The summed E-state index contributed by atoms with van der Waals surface area (Å²) in [6.45, 7) is 5.83. The molecule has 5 nitrogen and oxygen atoms in total. The molecule has 0 spiro atoms. The van der Waals surface area contributed by atoms with Crippen LogP contribution in [0, 0.1) is 20.8 Å². The van der Waals surface area contributed by atoms with E-state index in [0.717, 1.165) is 16.7 Å². The summed E-state index contributed by atoms with van der Waals surface area (Å²) in [7, 11) is 0. The van der Waals surface area contributed by atoms with Crippen molar-refractivity contribution >= 4 is 35.3 Å². The van der Waals surface area contributed by atoms with Crippen LogP contribution in [0.1, 0.15) is 35.1 Å². The molecule has 0 fully saturated rings. The largest absolute Gasteiger partial charge is 0.326 e. The third-order valence-corrected chi connectivity index (χ3v) is 4.35. The monoisotopic (exact) mass is 371 g/mol. The summed E-state index contributed by atoms with van der Waals surface area (Å²) in [6, 6.07) is 11.3. The van der Waals surface area contributed by atoms with Gasteiger partial charge in [-0.05, 0) is 49.6 Å². The molecule has 2 rings (SSSR count). The second kappa shape index (κ2) is 9.15. The van der Waals surface area contributed by atoms with Crippen molar-refractivity contribution < 1.29 is 9.59 Å². The fraction of sp³-hybridized carbons (Fsp3) is 0.250. The van der Waals surface area contributed by atoms with Crippen molar-refractivity contribution in [3.8, 4) is 0 Å². The van der Waals surface area contributed by atoms with Gasteiger partial charge in [0.05, 0.1) is 6.21 Å². The van der Waals surface area contributed by atoms with Crippen LogP contribution in [-0.2, 0) is 9.59 Å². The van der Waals surface area contributed by atoms with Gasteiger partial charge in [0.1, 0.15) is 0 Å². The quantitative estimate of drug-likeness (QED) is 0.592. The molecule has 6 heteroatoms. The van der Waals surface area contributed by atoms with E-state index in [1.807, 2.05) is 39.0 Å². The van der Waals surface area contributed by atoms with Crippen LogP contribution >= 0.6 is 11.6 Å². The first-order chi connectivity index (χ1) is 12.4. The lowest BCUT2D eigenvalue weighted by atomic mass is 10.1. The number of anilines is 1. The summed E-state index contributed by atoms with van der Waals surface area (Å²) < 4.78 is 0. The number of hydrogen-bond acceptors (Lipinski definition) is 3. The Hall–Kier alpha value is -2.66. The number of hydrogen-bond donors (Lipinski definition) is 2. The van der Waals surface area contributed by atoms with Crippen LogP contribution in [-0.4, -0.2) is 18.0 Å². The number of rotatable bonds is 6. The lowest BCUT2D eigenvalue weighted by Gasteiger charge is -2.09. The molecule has 2 amide bonds. The molecule has 0 atom stereocenters. The Morgan fingerprint density at radius 3 is 2.54 bits per heavy atom. The molecule has 136 valence electrons. The van der Waals surface area contributed by atoms with Crippen LogP contribution in [0.2, 0.25) is 5.02 Å². The van der Waals surface area contributed by atoms with E-state index < -0.39 is 0 Å². The smallest absolute Gasteiger partial charge is 0.240 e. The standard InChI is InChI=1S/C20H22ClN3O2/c1-13-7-8-16(14(2)11-13)12-22-24-20(26)10-9-19(25)23-18-6-4-5-17(21)15(18)3/h4-8,11-12H,9-10H2,1-3H3,(H,23,25)(H,24,26). The third-order valence-electron chi connectivity index (χ3n) is 3.94. The zero-order valence-electron chi connectivity index (χ0n) is 15.1. The maximum absolute atomic E-state index is 12.0. The summed E-state index contributed by atoms with van der Waals surface area (Å²) in [5, 5.41) is 7.29. The van der Waals surface area contributed by atoms with Crippen molar-refractivity contribution in [2.45, 2.75) is 33.6 Å². The van der Waals surface area contributed by atoms with Crippen LogP contribution in [0.4, 0.5) is 5.69 Å². The highest BCUT2D eigenvalue weighted by atomic mass is 35.5. The van der Waals surface area contributed by atoms with Gasteiger partial charge in [-0.15, -0.1) is 0 Å². The van der Waals surface area contributed by atoms with Crippen molar-refractivity contribution in [2.75, 3.05) is 5.32 Å². The molecule has 0 saturated heterocycles. The van der Waals surface area contributed by atoms with Gasteiger partial charge in [0.25, 0.3) is 0 Å². The fourth-order valence-electron chi connectivity index (χ4n) is 2.38. The molecule has 0 heterocycles. The number of halogens is 1. The number of aryl methyl sites for hydroxylation is 2. The Morgan fingerprint density at radius 2 is 1.81 bits per heavy atom.